The van der Waals surface area contributed by atoms with E-state index in [-0.39, 0.29) is 22.9 Å². The Morgan fingerprint density at radius 3 is 3.14 bits per heavy atom. The summed E-state index contributed by atoms with van der Waals surface area (Å²) in [6.07, 6.45) is 6.48. The van der Waals surface area contributed by atoms with Crippen LogP contribution in [0.3, 0.4) is 0 Å². The summed E-state index contributed by atoms with van der Waals surface area (Å²) in [7, 11) is 1.35. The lowest BCUT2D eigenvalue weighted by atomic mass is 10.0. The summed E-state index contributed by atoms with van der Waals surface area (Å²) in [6.45, 7) is 3.39. The third-order valence-electron chi connectivity index (χ3n) is 3.16. The predicted molar refractivity (Wildman–Crippen MR) is 81.8 cm³/mol. The van der Waals surface area contributed by atoms with Crippen LogP contribution in [0.25, 0.3) is 6.08 Å². The molecule has 0 saturated carbocycles. The molecule has 2 rings (SSSR count). The molecule has 1 fully saturated rings. The first kappa shape index (κ1) is 15.8. The topological polar surface area (TPSA) is 73.2 Å². The van der Waals surface area contributed by atoms with Crippen LogP contribution >= 0.6 is 11.8 Å². The lowest BCUT2D eigenvalue weighted by Gasteiger charge is -2.24. The number of carbonyl (C=O) groups excluding carboxylic acids is 2. The zero-order valence-corrected chi connectivity index (χ0v) is 13.0. The van der Waals surface area contributed by atoms with Crippen LogP contribution in [0, 0.1) is 0 Å². The van der Waals surface area contributed by atoms with Crippen LogP contribution in [-0.2, 0) is 20.9 Å². The average Bonchev–Trinajstić information content (AvgIpc) is 2.87. The lowest BCUT2D eigenvalue weighted by molar-refractivity contribution is -0.141. The number of nitrogens with one attached hydrogen (secondary N) is 1. The van der Waals surface area contributed by atoms with Gasteiger partial charge in [-0.25, -0.2) is 0 Å². The molecular weight excluding hydrogens is 290 g/mol. The maximum absolute atomic E-state index is 11.3. The molecule has 1 aliphatic heterocycles. The first-order chi connectivity index (χ1) is 10.1. The monoisotopic (exact) mass is 309 g/mol. The molecule has 0 amide bonds. The molecule has 1 saturated heterocycles. The van der Waals surface area contributed by atoms with E-state index in [0.717, 1.165) is 25.1 Å². The second-order valence-electron chi connectivity index (χ2n) is 4.83. The molecule has 0 aromatic carbocycles. The molecule has 1 aromatic heterocycles. The van der Waals surface area contributed by atoms with E-state index in [1.807, 2.05) is 6.08 Å². The Kier molecular flexibility index (Phi) is 5.58. The van der Waals surface area contributed by atoms with Crippen LogP contribution in [0.2, 0.25) is 0 Å². The second kappa shape index (κ2) is 7.42. The molecule has 114 valence electrons. The molecule has 21 heavy (non-hydrogen) atoms. The number of hydrogen-bond donors (Lipinski definition) is 1. The van der Waals surface area contributed by atoms with Gasteiger partial charge >= 0.3 is 5.97 Å². The summed E-state index contributed by atoms with van der Waals surface area (Å²) in [5.74, 6) is -0.332. The van der Waals surface area contributed by atoms with Gasteiger partial charge in [0.1, 0.15) is 6.54 Å². The van der Waals surface area contributed by atoms with E-state index in [1.54, 1.807) is 24.0 Å². The summed E-state index contributed by atoms with van der Waals surface area (Å²) in [5, 5.41) is 7.79. The zero-order valence-electron chi connectivity index (χ0n) is 12.2. The standard InChI is InChI=1S/C14H19N3O3S/c1-10(18)21-13-3-4-15-7-12(13)5-11-6-16-17(8-11)9-14(19)20-2/h5-6,8,13,15H,3-4,7,9H2,1-2H3. The maximum Gasteiger partial charge on any atom is 0.327 e. The fourth-order valence-electron chi connectivity index (χ4n) is 2.20. The molecule has 0 radical (unpaired) electrons. The number of piperidine rings is 1. The quantitative estimate of drug-likeness (QED) is 0.839. The van der Waals surface area contributed by atoms with Gasteiger partial charge in [-0.2, -0.15) is 5.10 Å². The maximum atomic E-state index is 11.3. The van der Waals surface area contributed by atoms with Crippen molar-refractivity contribution < 1.29 is 14.3 Å². The van der Waals surface area contributed by atoms with Gasteiger partial charge in [0.2, 0.25) is 0 Å². The Morgan fingerprint density at radius 1 is 1.62 bits per heavy atom. The highest BCUT2D eigenvalue weighted by Gasteiger charge is 2.20. The van der Waals surface area contributed by atoms with E-state index in [9.17, 15) is 9.59 Å². The van der Waals surface area contributed by atoms with Crippen LogP contribution in [-0.4, -0.2) is 46.3 Å². The molecular formula is C14H19N3O3S. The van der Waals surface area contributed by atoms with Crippen LogP contribution in [0.15, 0.2) is 18.0 Å². The molecule has 6 nitrogen and oxygen atoms in total. The summed E-state index contributed by atoms with van der Waals surface area (Å²) >= 11 is 1.38. The third kappa shape index (κ3) is 4.71. The molecule has 1 aromatic rings. The number of ether oxygens (including phenoxy) is 1. The minimum Gasteiger partial charge on any atom is -0.468 e. The van der Waals surface area contributed by atoms with Crippen molar-refractivity contribution in [3.63, 3.8) is 0 Å². The van der Waals surface area contributed by atoms with Gasteiger partial charge in [0.25, 0.3) is 0 Å². The number of aromatic nitrogens is 2. The van der Waals surface area contributed by atoms with Crippen LogP contribution < -0.4 is 5.32 Å². The summed E-state index contributed by atoms with van der Waals surface area (Å²) in [5.41, 5.74) is 2.10. The molecule has 0 spiro atoms. The number of esters is 1. The van der Waals surface area contributed by atoms with Gasteiger partial charge in [-0.1, -0.05) is 17.8 Å². The number of rotatable bonds is 4. The van der Waals surface area contributed by atoms with Crippen molar-refractivity contribution in [3.05, 3.63) is 23.5 Å². The van der Waals surface area contributed by atoms with Crippen molar-refractivity contribution in [3.8, 4) is 0 Å². The number of nitrogens with zero attached hydrogens (tertiary/aromatic N) is 2. The van der Waals surface area contributed by atoms with Crippen molar-refractivity contribution in [1.82, 2.24) is 15.1 Å². The number of methoxy groups -OCH3 is 1. The highest BCUT2D eigenvalue weighted by Crippen LogP contribution is 2.26. The van der Waals surface area contributed by atoms with Gasteiger partial charge in [0.15, 0.2) is 5.12 Å². The predicted octanol–water partition coefficient (Wildman–Crippen LogP) is 1.08. The number of carbonyl (C=O) groups is 2. The zero-order chi connectivity index (χ0) is 15.2. The van der Waals surface area contributed by atoms with E-state index < -0.39 is 0 Å². The Hall–Kier alpha value is -1.60. The van der Waals surface area contributed by atoms with E-state index in [0.29, 0.717) is 0 Å². The molecule has 1 atom stereocenters. The van der Waals surface area contributed by atoms with Crippen molar-refractivity contribution in [2.45, 2.75) is 25.1 Å². The molecule has 1 unspecified atom stereocenters. The van der Waals surface area contributed by atoms with Gasteiger partial charge < -0.3 is 10.1 Å². The van der Waals surface area contributed by atoms with Gasteiger partial charge in [0.05, 0.1) is 13.3 Å². The first-order valence-electron chi connectivity index (χ1n) is 6.76. The van der Waals surface area contributed by atoms with Gasteiger partial charge in [0, 0.05) is 30.5 Å². The number of hydrogen-bond acceptors (Lipinski definition) is 6. The summed E-state index contributed by atoms with van der Waals surface area (Å²) in [6, 6.07) is 0. The molecule has 0 bridgehead atoms. The Morgan fingerprint density at radius 2 is 2.43 bits per heavy atom. The van der Waals surface area contributed by atoms with Crippen molar-refractivity contribution in [2.75, 3.05) is 20.2 Å². The van der Waals surface area contributed by atoms with E-state index in [4.69, 9.17) is 0 Å². The van der Waals surface area contributed by atoms with E-state index in [1.165, 1.54) is 24.4 Å². The molecule has 0 aliphatic carbocycles. The van der Waals surface area contributed by atoms with Crippen molar-refractivity contribution in [2.24, 2.45) is 0 Å². The normalized spacial score (nSPS) is 20.5. The van der Waals surface area contributed by atoms with Crippen molar-refractivity contribution >= 4 is 28.9 Å². The SMILES string of the molecule is COC(=O)Cn1cc(C=C2CNCCC2SC(C)=O)cn1. The summed E-state index contributed by atoms with van der Waals surface area (Å²) in [4.78, 5) is 22.5. The third-order valence-corrected chi connectivity index (χ3v) is 4.31. The Labute approximate surface area is 127 Å². The molecule has 2 heterocycles. The second-order valence-corrected chi connectivity index (χ2v) is 6.21. The van der Waals surface area contributed by atoms with Crippen LogP contribution in [0.4, 0.5) is 0 Å². The van der Waals surface area contributed by atoms with E-state index in [2.05, 4.69) is 15.2 Å². The average molecular weight is 309 g/mol. The molecule has 7 heteroatoms. The number of thioether (sulfide) groups is 1. The van der Waals surface area contributed by atoms with Crippen molar-refractivity contribution in [1.29, 1.82) is 0 Å². The smallest absolute Gasteiger partial charge is 0.327 e. The minimum atomic E-state index is -0.332. The minimum absolute atomic E-state index is 0.101. The Balaban J connectivity index is 2.09. The fourth-order valence-corrected chi connectivity index (χ4v) is 3.13. The Bertz CT molecular complexity index is 553. The molecule has 1 aliphatic rings. The summed E-state index contributed by atoms with van der Waals surface area (Å²) < 4.78 is 6.15. The van der Waals surface area contributed by atoms with Crippen LogP contribution in [0.1, 0.15) is 18.9 Å². The van der Waals surface area contributed by atoms with E-state index >= 15 is 0 Å². The van der Waals surface area contributed by atoms with Gasteiger partial charge in [-0.3, -0.25) is 14.3 Å². The van der Waals surface area contributed by atoms with Crippen LogP contribution in [0.5, 0.6) is 0 Å². The fraction of sp³-hybridized carbons (Fsp3) is 0.500. The van der Waals surface area contributed by atoms with Gasteiger partial charge in [-0.05, 0) is 18.5 Å². The highest BCUT2D eigenvalue weighted by molar-refractivity contribution is 8.14. The van der Waals surface area contributed by atoms with Gasteiger partial charge in [-0.15, -0.1) is 0 Å². The molecule has 1 N–H and O–H groups in total. The first-order valence-corrected chi connectivity index (χ1v) is 7.64. The highest BCUT2D eigenvalue weighted by atomic mass is 32.2. The lowest BCUT2D eigenvalue weighted by Crippen LogP contribution is -2.32. The largest absolute Gasteiger partial charge is 0.468 e.